The van der Waals surface area contributed by atoms with Crippen LogP contribution in [0.15, 0.2) is 42.0 Å². The van der Waals surface area contributed by atoms with Crippen LogP contribution in [-0.4, -0.2) is 27.2 Å². The lowest BCUT2D eigenvalue weighted by Crippen LogP contribution is -2.10. The molecule has 1 amide bonds. The number of ether oxygens (including phenoxy) is 1. The molecule has 0 aliphatic rings. The Morgan fingerprint density at radius 1 is 1.43 bits per heavy atom. The van der Waals surface area contributed by atoms with Crippen LogP contribution in [0.2, 0.25) is 5.02 Å². The second-order valence-corrected chi connectivity index (χ2v) is 6.77. The molecule has 0 fully saturated rings. The van der Waals surface area contributed by atoms with Gasteiger partial charge in [0.15, 0.2) is 0 Å². The van der Waals surface area contributed by atoms with Gasteiger partial charge in [-0.15, -0.1) is 11.3 Å². The van der Waals surface area contributed by atoms with Crippen molar-refractivity contribution in [2.45, 2.75) is 13.2 Å². The number of nitrogens with zero attached hydrogens (tertiary/aromatic N) is 3. The average molecular weight is 429 g/mol. The first-order chi connectivity index (χ1) is 13.3. The van der Waals surface area contributed by atoms with E-state index in [1.807, 2.05) is 0 Å². The molecule has 8 nitrogen and oxygen atoms in total. The number of thiophene rings is 1. The molecule has 0 bridgehead atoms. The molecule has 146 valence electrons. The summed E-state index contributed by atoms with van der Waals surface area (Å²) >= 11 is 7.04. The number of nitro groups is 1. The van der Waals surface area contributed by atoms with Crippen molar-refractivity contribution in [2.75, 3.05) is 5.32 Å². The van der Waals surface area contributed by atoms with Crippen LogP contribution in [-0.2, 0) is 6.54 Å². The maximum atomic E-state index is 12.3. The Morgan fingerprint density at radius 3 is 2.86 bits per heavy atom. The third-order valence-corrected chi connectivity index (χ3v) is 4.73. The van der Waals surface area contributed by atoms with Crippen molar-refractivity contribution < 1.29 is 23.2 Å². The van der Waals surface area contributed by atoms with E-state index in [2.05, 4.69) is 15.2 Å². The molecule has 0 atom stereocenters. The predicted octanol–water partition coefficient (Wildman–Crippen LogP) is 4.41. The zero-order valence-corrected chi connectivity index (χ0v) is 15.4. The SMILES string of the molecule is O=C(Nc1ccc(OC(F)F)c(Cl)c1)c1cc(Cn2cc([N+](=O)[O-])cn2)cs1. The topological polar surface area (TPSA) is 99.3 Å². The van der Waals surface area contributed by atoms with Crippen molar-refractivity contribution in [3.63, 3.8) is 0 Å². The summed E-state index contributed by atoms with van der Waals surface area (Å²) in [6.45, 7) is -2.73. The van der Waals surface area contributed by atoms with Gasteiger partial charge in [-0.1, -0.05) is 11.6 Å². The molecule has 3 aromatic rings. The van der Waals surface area contributed by atoms with Crippen LogP contribution in [0.4, 0.5) is 20.2 Å². The minimum atomic E-state index is -3.00. The monoisotopic (exact) mass is 428 g/mol. The molecule has 0 spiro atoms. The quantitative estimate of drug-likeness (QED) is 0.444. The highest BCUT2D eigenvalue weighted by Gasteiger charge is 2.14. The number of aromatic nitrogens is 2. The van der Waals surface area contributed by atoms with Gasteiger partial charge < -0.3 is 10.1 Å². The predicted molar refractivity (Wildman–Crippen MR) is 98.3 cm³/mol. The Labute approximate surface area is 165 Å². The van der Waals surface area contributed by atoms with Crippen LogP contribution in [0.1, 0.15) is 15.2 Å². The second-order valence-electron chi connectivity index (χ2n) is 5.45. The third kappa shape index (κ3) is 4.81. The number of hydrogen-bond donors (Lipinski definition) is 1. The molecular formula is C16H11ClF2N4O4S. The second kappa shape index (κ2) is 8.31. The van der Waals surface area contributed by atoms with Gasteiger partial charge >= 0.3 is 12.3 Å². The Hall–Kier alpha value is -3.05. The van der Waals surface area contributed by atoms with Crippen molar-refractivity contribution in [1.29, 1.82) is 0 Å². The minimum absolute atomic E-state index is 0.0646. The first-order valence-corrected chi connectivity index (χ1v) is 8.87. The zero-order chi connectivity index (χ0) is 20.3. The fraction of sp³-hybridized carbons (Fsp3) is 0.125. The molecule has 0 unspecified atom stereocenters. The zero-order valence-electron chi connectivity index (χ0n) is 13.8. The smallest absolute Gasteiger partial charge is 0.387 e. The Balaban J connectivity index is 1.65. The number of rotatable bonds is 7. The first-order valence-electron chi connectivity index (χ1n) is 7.62. The molecule has 0 radical (unpaired) electrons. The van der Waals surface area contributed by atoms with Crippen LogP contribution in [0.3, 0.4) is 0 Å². The standard InChI is InChI=1S/C16H11ClF2N4O4S/c17-12-4-10(1-2-13(12)27-16(18)19)21-15(24)14-3-9(8-28-14)6-22-7-11(5-20-22)23(25)26/h1-5,7-8,16H,6H2,(H,21,24). The van der Waals surface area contributed by atoms with Crippen molar-refractivity contribution in [1.82, 2.24) is 9.78 Å². The number of anilines is 1. The molecule has 3 rings (SSSR count). The van der Waals surface area contributed by atoms with Gasteiger partial charge in [0.1, 0.15) is 18.1 Å². The van der Waals surface area contributed by atoms with E-state index >= 15 is 0 Å². The first kappa shape index (κ1) is 19.7. The van der Waals surface area contributed by atoms with Crippen LogP contribution in [0.25, 0.3) is 0 Å². The molecule has 1 aromatic carbocycles. The van der Waals surface area contributed by atoms with Crippen LogP contribution in [0, 0.1) is 10.1 Å². The number of alkyl halides is 2. The van der Waals surface area contributed by atoms with Crippen LogP contribution < -0.4 is 10.1 Å². The number of halogens is 3. The summed E-state index contributed by atoms with van der Waals surface area (Å²) in [6.07, 6.45) is 2.44. The molecule has 0 saturated carbocycles. The van der Waals surface area contributed by atoms with Crippen LogP contribution in [0.5, 0.6) is 5.75 Å². The maximum Gasteiger partial charge on any atom is 0.387 e. The largest absolute Gasteiger partial charge is 0.433 e. The number of carbonyl (C=O) groups is 1. The number of nitrogens with one attached hydrogen (secondary N) is 1. The molecule has 28 heavy (non-hydrogen) atoms. The summed E-state index contributed by atoms with van der Waals surface area (Å²) in [7, 11) is 0. The maximum absolute atomic E-state index is 12.3. The van der Waals surface area contributed by atoms with E-state index < -0.39 is 17.4 Å². The highest BCUT2D eigenvalue weighted by Crippen LogP contribution is 2.29. The summed E-state index contributed by atoms with van der Waals surface area (Å²) in [5, 5.41) is 18.8. The van der Waals surface area contributed by atoms with Gasteiger partial charge in [-0.2, -0.15) is 13.9 Å². The van der Waals surface area contributed by atoms with Crippen molar-refractivity contribution in [3.05, 3.63) is 67.6 Å². The lowest BCUT2D eigenvalue weighted by atomic mass is 10.2. The van der Waals surface area contributed by atoms with Gasteiger partial charge in [0.2, 0.25) is 0 Å². The molecule has 1 N–H and O–H groups in total. The Morgan fingerprint density at radius 2 is 2.21 bits per heavy atom. The highest BCUT2D eigenvalue weighted by atomic mass is 35.5. The van der Waals surface area contributed by atoms with Crippen molar-refractivity contribution in [3.8, 4) is 5.75 Å². The normalized spacial score (nSPS) is 10.9. The van der Waals surface area contributed by atoms with Crippen molar-refractivity contribution >= 4 is 40.2 Å². The molecular weight excluding hydrogens is 418 g/mol. The fourth-order valence-electron chi connectivity index (χ4n) is 2.26. The molecule has 2 heterocycles. The van der Waals surface area contributed by atoms with Gasteiger partial charge in [0.05, 0.1) is 21.4 Å². The molecule has 12 heteroatoms. The Bertz CT molecular complexity index is 1020. The lowest BCUT2D eigenvalue weighted by molar-refractivity contribution is -0.385. The summed E-state index contributed by atoms with van der Waals surface area (Å²) in [5.41, 5.74) is 0.936. The van der Waals surface area contributed by atoms with Gasteiger partial charge in [-0.25, -0.2) is 0 Å². The number of benzene rings is 1. The minimum Gasteiger partial charge on any atom is -0.433 e. The summed E-state index contributed by atoms with van der Waals surface area (Å²) < 4.78 is 30.1. The summed E-state index contributed by atoms with van der Waals surface area (Å²) in [6, 6.07) is 5.55. The molecule has 0 aliphatic carbocycles. The molecule has 0 saturated heterocycles. The Kier molecular flexibility index (Phi) is 5.85. The number of amides is 1. The van der Waals surface area contributed by atoms with E-state index in [9.17, 15) is 23.7 Å². The van der Waals surface area contributed by atoms with E-state index in [1.165, 1.54) is 40.4 Å². The van der Waals surface area contributed by atoms with E-state index in [-0.39, 0.29) is 23.0 Å². The number of hydrogen-bond acceptors (Lipinski definition) is 6. The highest BCUT2D eigenvalue weighted by molar-refractivity contribution is 7.12. The van der Waals surface area contributed by atoms with E-state index in [0.29, 0.717) is 10.6 Å². The number of carbonyl (C=O) groups excluding carboxylic acids is 1. The lowest BCUT2D eigenvalue weighted by Gasteiger charge is -2.09. The van der Waals surface area contributed by atoms with Gasteiger partial charge in [-0.3, -0.25) is 19.6 Å². The van der Waals surface area contributed by atoms with Gasteiger partial charge in [0, 0.05) is 5.69 Å². The third-order valence-electron chi connectivity index (χ3n) is 3.46. The molecule has 0 aliphatic heterocycles. The van der Waals surface area contributed by atoms with Gasteiger partial charge in [0.25, 0.3) is 5.91 Å². The van der Waals surface area contributed by atoms with E-state index in [1.54, 1.807) is 11.4 Å². The van der Waals surface area contributed by atoms with E-state index in [4.69, 9.17) is 11.6 Å². The fourth-order valence-corrected chi connectivity index (χ4v) is 3.28. The van der Waals surface area contributed by atoms with Crippen LogP contribution >= 0.6 is 22.9 Å². The van der Waals surface area contributed by atoms with Gasteiger partial charge in [-0.05, 0) is 35.2 Å². The summed E-state index contributed by atoms with van der Waals surface area (Å²) in [5.74, 6) is -0.609. The average Bonchev–Trinajstić information content (AvgIpc) is 3.27. The van der Waals surface area contributed by atoms with E-state index in [0.717, 1.165) is 11.8 Å². The summed E-state index contributed by atoms with van der Waals surface area (Å²) in [4.78, 5) is 22.9. The molecule has 2 aromatic heterocycles. The van der Waals surface area contributed by atoms with Crippen molar-refractivity contribution in [2.24, 2.45) is 0 Å².